The Morgan fingerprint density at radius 3 is 2.80 bits per heavy atom. The lowest BCUT2D eigenvalue weighted by Crippen LogP contribution is -2.14. The summed E-state index contributed by atoms with van der Waals surface area (Å²) in [6.07, 6.45) is 3.66. The third-order valence-corrected chi connectivity index (χ3v) is 2.07. The maximum Gasteiger partial charge on any atom is 0.363 e. The minimum atomic E-state index is -0.501. The molecule has 82 valence electrons. The molecule has 1 aromatic rings. The predicted molar refractivity (Wildman–Crippen MR) is 58.9 cm³/mol. The summed E-state index contributed by atoms with van der Waals surface area (Å²) >= 11 is 0. The van der Waals surface area contributed by atoms with E-state index in [1.807, 2.05) is 0 Å². The van der Waals surface area contributed by atoms with E-state index >= 15 is 0 Å². The molecule has 1 N–H and O–H groups in total. The van der Waals surface area contributed by atoms with Crippen LogP contribution in [0.25, 0.3) is 0 Å². The number of aromatic nitrogens is 1. The molecule has 0 fully saturated rings. The number of rotatable bonds is 5. The molecule has 0 spiro atoms. The van der Waals surface area contributed by atoms with Crippen LogP contribution in [0.1, 0.15) is 26.7 Å². The maximum absolute atomic E-state index is 10.4. The third-order valence-electron chi connectivity index (χ3n) is 2.07. The molecule has 15 heavy (non-hydrogen) atoms. The number of hydrogen-bond acceptors (Lipinski definition) is 4. The van der Waals surface area contributed by atoms with Crippen molar-refractivity contribution in [1.82, 2.24) is 4.98 Å². The SMILES string of the molecule is CCCC(C)Nc1ccc([N+](=O)[O-])nc1. The van der Waals surface area contributed by atoms with Gasteiger partial charge in [-0.2, -0.15) is 0 Å². The van der Waals surface area contributed by atoms with Crippen LogP contribution < -0.4 is 5.32 Å². The van der Waals surface area contributed by atoms with Gasteiger partial charge in [0.2, 0.25) is 0 Å². The van der Waals surface area contributed by atoms with Gasteiger partial charge in [-0.3, -0.25) is 0 Å². The highest BCUT2D eigenvalue weighted by atomic mass is 16.6. The summed E-state index contributed by atoms with van der Waals surface area (Å²) in [4.78, 5) is 13.6. The molecule has 0 radical (unpaired) electrons. The molecule has 0 saturated heterocycles. The summed E-state index contributed by atoms with van der Waals surface area (Å²) in [6, 6.07) is 3.44. The maximum atomic E-state index is 10.4. The quantitative estimate of drug-likeness (QED) is 0.597. The molecule has 0 aliphatic rings. The Morgan fingerprint density at radius 2 is 2.33 bits per heavy atom. The van der Waals surface area contributed by atoms with Crippen LogP contribution in [0.5, 0.6) is 0 Å². The summed E-state index contributed by atoms with van der Waals surface area (Å²) in [5.74, 6) is -0.122. The highest BCUT2D eigenvalue weighted by Gasteiger charge is 2.07. The molecule has 0 aliphatic carbocycles. The molecule has 0 aromatic carbocycles. The van der Waals surface area contributed by atoms with E-state index in [1.165, 1.54) is 12.3 Å². The van der Waals surface area contributed by atoms with E-state index in [0.717, 1.165) is 18.5 Å². The van der Waals surface area contributed by atoms with Crippen molar-refractivity contribution >= 4 is 11.5 Å². The van der Waals surface area contributed by atoms with E-state index in [4.69, 9.17) is 0 Å². The van der Waals surface area contributed by atoms with Crippen LogP contribution in [0.15, 0.2) is 18.3 Å². The Bertz CT molecular complexity index is 324. The second-order valence-corrected chi connectivity index (χ2v) is 3.50. The van der Waals surface area contributed by atoms with Gasteiger partial charge in [-0.1, -0.05) is 13.3 Å². The van der Waals surface area contributed by atoms with E-state index in [2.05, 4.69) is 24.1 Å². The van der Waals surface area contributed by atoms with Crippen molar-refractivity contribution in [3.8, 4) is 0 Å². The van der Waals surface area contributed by atoms with Gasteiger partial charge in [0.05, 0.1) is 5.69 Å². The Labute approximate surface area is 88.7 Å². The molecule has 0 saturated carbocycles. The van der Waals surface area contributed by atoms with E-state index in [-0.39, 0.29) is 5.82 Å². The molecule has 0 amide bonds. The van der Waals surface area contributed by atoms with Crippen LogP contribution in [0.3, 0.4) is 0 Å². The molecule has 1 unspecified atom stereocenters. The Morgan fingerprint density at radius 1 is 1.60 bits per heavy atom. The summed E-state index contributed by atoms with van der Waals surface area (Å²) in [7, 11) is 0. The topological polar surface area (TPSA) is 68.1 Å². The first-order chi connectivity index (χ1) is 7.13. The molecule has 5 heteroatoms. The lowest BCUT2D eigenvalue weighted by Gasteiger charge is -2.12. The van der Waals surface area contributed by atoms with Gasteiger partial charge in [0.15, 0.2) is 6.20 Å². The minimum Gasteiger partial charge on any atom is -0.380 e. The average Bonchev–Trinajstić information content (AvgIpc) is 2.18. The molecular weight excluding hydrogens is 194 g/mol. The smallest absolute Gasteiger partial charge is 0.363 e. The predicted octanol–water partition coefficient (Wildman–Crippen LogP) is 2.59. The summed E-state index contributed by atoms with van der Waals surface area (Å²) in [5.41, 5.74) is 0.821. The van der Waals surface area contributed by atoms with Gasteiger partial charge < -0.3 is 15.4 Å². The summed E-state index contributed by atoms with van der Waals surface area (Å²) in [6.45, 7) is 4.19. The number of anilines is 1. The van der Waals surface area contributed by atoms with Gasteiger partial charge in [-0.15, -0.1) is 0 Å². The number of nitro groups is 1. The fraction of sp³-hybridized carbons (Fsp3) is 0.500. The second kappa shape index (κ2) is 5.29. The fourth-order valence-corrected chi connectivity index (χ4v) is 1.37. The first-order valence-electron chi connectivity index (χ1n) is 5.00. The van der Waals surface area contributed by atoms with Gasteiger partial charge in [0, 0.05) is 12.1 Å². The van der Waals surface area contributed by atoms with Crippen molar-refractivity contribution in [2.75, 3.05) is 5.32 Å². The summed E-state index contributed by atoms with van der Waals surface area (Å²) < 4.78 is 0. The molecule has 5 nitrogen and oxygen atoms in total. The lowest BCUT2D eigenvalue weighted by atomic mass is 10.2. The average molecular weight is 209 g/mol. The van der Waals surface area contributed by atoms with Crippen LogP contribution in [0.2, 0.25) is 0 Å². The van der Waals surface area contributed by atoms with Crippen molar-refractivity contribution < 1.29 is 4.92 Å². The van der Waals surface area contributed by atoms with Crippen molar-refractivity contribution in [2.45, 2.75) is 32.7 Å². The van der Waals surface area contributed by atoms with E-state index in [1.54, 1.807) is 6.07 Å². The molecular formula is C10H15N3O2. The number of pyridine rings is 1. The van der Waals surface area contributed by atoms with Crippen LogP contribution >= 0.6 is 0 Å². The molecule has 0 aliphatic heterocycles. The van der Waals surface area contributed by atoms with Crippen LogP contribution in [0.4, 0.5) is 11.5 Å². The molecule has 1 atom stereocenters. The summed E-state index contributed by atoms with van der Waals surface area (Å²) in [5, 5.41) is 13.6. The van der Waals surface area contributed by atoms with E-state index in [0.29, 0.717) is 6.04 Å². The Balaban J connectivity index is 2.60. The first kappa shape index (κ1) is 11.4. The molecule has 1 rings (SSSR count). The Hall–Kier alpha value is -1.65. The van der Waals surface area contributed by atoms with Crippen molar-refractivity contribution in [2.24, 2.45) is 0 Å². The van der Waals surface area contributed by atoms with Crippen molar-refractivity contribution in [3.05, 3.63) is 28.4 Å². The largest absolute Gasteiger partial charge is 0.380 e. The number of nitrogens with one attached hydrogen (secondary N) is 1. The number of nitrogens with zero attached hydrogens (tertiary/aromatic N) is 2. The lowest BCUT2D eigenvalue weighted by molar-refractivity contribution is -0.389. The monoisotopic (exact) mass is 209 g/mol. The third kappa shape index (κ3) is 3.53. The zero-order valence-corrected chi connectivity index (χ0v) is 8.93. The number of hydrogen-bond donors (Lipinski definition) is 1. The zero-order chi connectivity index (χ0) is 11.3. The van der Waals surface area contributed by atoms with Crippen LogP contribution in [-0.4, -0.2) is 15.9 Å². The Kier molecular flexibility index (Phi) is 4.03. The van der Waals surface area contributed by atoms with Gasteiger partial charge in [0.1, 0.15) is 0 Å². The van der Waals surface area contributed by atoms with Crippen molar-refractivity contribution in [3.63, 3.8) is 0 Å². The highest BCUT2D eigenvalue weighted by Crippen LogP contribution is 2.13. The minimum absolute atomic E-state index is 0.122. The van der Waals surface area contributed by atoms with Crippen molar-refractivity contribution in [1.29, 1.82) is 0 Å². The fourth-order valence-electron chi connectivity index (χ4n) is 1.37. The molecule has 1 heterocycles. The van der Waals surface area contributed by atoms with E-state index < -0.39 is 4.92 Å². The van der Waals surface area contributed by atoms with Crippen LogP contribution in [-0.2, 0) is 0 Å². The van der Waals surface area contributed by atoms with Gasteiger partial charge in [0.25, 0.3) is 0 Å². The van der Waals surface area contributed by atoms with Gasteiger partial charge in [-0.25, -0.2) is 0 Å². The normalized spacial score (nSPS) is 12.1. The standard InChI is InChI=1S/C10H15N3O2/c1-3-4-8(2)12-9-5-6-10(11-7-9)13(14)15/h5-8,12H,3-4H2,1-2H3. The highest BCUT2D eigenvalue weighted by molar-refractivity contribution is 5.44. The van der Waals surface area contributed by atoms with Gasteiger partial charge >= 0.3 is 5.82 Å². The van der Waals surface area contributed by atoms with Crippen LogP contribution in [0, 0.1) is 10.1 Å². The van der Waals surface area contributed by atoms with E-state index in [9.17, 15) is 10.1 Å². The zero-order valence-electron chi connectivity index (χ0n) is 8.93. The molecule has 0 bridgehead atoms. The molecule has 1 aromatic heterocycles. The van der Waals surface area contributed by atoms with Gasteiger partial charge in [-0.05, 0) is 29.3 Å². The first-order valence-corrected chi connectivity index (χ1v) is 5.00. The second-order valence-electron chi connectivity index (χ2n) is 3.50.